The molecule has 0 spiro atoms. The van der Waals surface area contributed by atoms with Crippen molar-refractivity contribution < 1.29 is 0 Å². The van der Waals surface area contributed by atoms with Crippen LogP contribution in [0.1, 0.15) is 41.4 Å². The first-order valence-electron chi connectivity index (χ1n) is 8.60. The fourth-order valence-corrected chi connectivity index (χ4v) is 3.51. The van der Waals surface area contributed by atoms with E-state index in [4.69, 9.17) is 4.98 Å². The van der Waals surface area contributed by atoms with Gasteiger partial charge in [-0.1, -0.05) is 24.6 Å². The van der Waals surface area contributed by atoms with E-state index >= 15 is 0 Å². The van der Waals surface area contributed by atoms with Crippen molar-refractivity contribution in [1.82, 2.24) is 14.5 Å². The summed E-state index contributed by atoms with van der Waals surface area (Å²) in [5.74, 6) is 1.74. The van der Waals surface area contributed by atoms with Crippen molar-refractivity contribution in [1.29, 1.82) is 0 Å². The SMILES string of the molecule is CCCNc1nc(C)nc2c1c(C)cn2-c1c(C)cc(C)cc1C. The maximum absolute atomic E-state index is 4.76. The number of hydrogen-bond acceptors (Lipinski definition) is 3. The van der Waals surface area contributed by atoms with Crippen molar-refractivity contribution in [2.75, 3.05) is 11.9 Å². The number of hydrogen-bond donors (Lipinski definition) is 1. The van der Waals surface area contributed by atoms with E-state index in [0.29, 0.717) is 0 Å². The highest BCUT2D eigenvalue weighted by Crippen LogP contribution is 2.31. The highest BCUT2D eigenvalue weighted by Gasteiger charge is 2.17. The second kappa shape index (κ2) is 6.27. The van der Waals surface area contributed by atoms with Crippen LogP contribution >= 0.6 is 0 Å². The predicted molar refractivity (Wildman–Crippen MR) is 101 cm³/mol. The molecule has 0 atom stereocenters. The van der Waals surface area contributed by atoms with Crippen molar-refractivity contribution in [3.63, 3.8) is 0 Å². The van der Waals surface area contributed by atoms with Gasteiger partial charge in [0, 0.05) is 12.7 Å². The minimum atomic E-state index is 0.794. The quantitative estimate of drug-likeness (QED) is 0.751. The van der Waals surface area contributed by atoms with Crippen LogP contribution in [0.5, 0.6) is 0 Å². The number of nitrogens with one attached hydrogen (secondary N) is 1. The molecule has 0 saturated carbocycles. The summed E-state index contributed by atoms with van der Waals surface area (Å²) >= 11 is 0. The molecule has 0 aliphatic rings. The van der Waals surface area contributed by atoms with E-state index in [1.165, 1.54) is 27.9 Å². The lowest BCUT2D eigenvalue weighted by Gasteiger charge is -2.14. The summed E-state index contributed by atoms with van der Waals surface area (Å²) in [4.78, 5) is 9.39. The van der Waals surface area contributed by atoms with Gasteiger partial charge < -0.3 is 9.88 Å². The van der Waals surface area contributed by atoms with E-state index in [2.05, 4.69) is 67.8 Å². The van der Waals surface area contributed by atoms with Gasteiger partial charge in [0.2, 0.25) is 0 Å². The molecule has 2 aromatic heterocycles. The van der Waals surface area contributed by atoms with Crippen LogP contribution in [-0.4, -0.2) is 21.1 Å². The second-order valence-electron chi connectivity index (χ2n) is 6.67. The number of anilines is 1. The van der Waals surface area contributed by atoms with Crippen LogP contribution in [0.25, 0.3) is 16.7 Å². The van der Waals surface area contributed by atoms with Crippen LogP contribution in [0, 0.1) is 34.6 Å². The summed E-state index contributed by atoms with van der Waals surface area (Å²) in [7, 11) is 0. The molecule has 0 fully saturated rings. The highest BCUT2D eigenvalue weighted by atomic mass is 15.1. The first-order chi connectivity index (χ1) is 11.4. The third-order valence-corrected chi connectivity index (χ3v) is 4.37. The molecule has 4 heteroatoms. The molecule has 126 valence electrons. The normalized spacial score (nSPS) is 11.2. The lowest BCUT2D eigenvalue weighted by Crippen LogP contribution is -2.06. The molecule has 4 nitrogen and oxygen atoms in total. The largest absolute Gasteiger partial charge is 0.369 e. The van der Waals surface area contributed by atoms with Crippen molar-refractivity contribution in [2.45, 2.75) is 48.0 Å². The Kier molecular flexibility index (Phi) is 4.31. The van der Waals surface area contributed by atoms with E-state index in [1.54, 1.807) is 0 Å². The fourth-order valence-electron chi connectivity index (χ4n) is 3.51. The minimum absolute atomic E-state index is 0.794. The molecular weight excluding hydrogens is 296 g/mol. The van der Waals surface area contributed by atoms with Crippen LogP contribution in [0.4, 0.5) is 5.82 Å². The first kappa shape index (κ1) is 16.5. The van der Waals surface area contributed by atoms with Gasteiger partial charge in [-0.3, -0.25) is 0 Å². The number of aryl methyl sites for hydroxylation is 5. The zero-order valence-corrected chi connectivity index (χ0v) is 15.5. The van der Waals surface area contributed by atoms with E-state index < -0.39 is 0 Å². The molecule has 0 amide bonds. The van der Waals surface area contributed by atoms with Gasteiger partial charge in [0.05, 0.1) is 11.1 Å². The third kappa shape index (κ3) is 2.77. The van der Waals surface area contributed by atoms with Crippen LogP contribution in [-0.2, 0) is 0 Å². The molecular formula is C20H26N4. The van der Waals surface area contributed by atoms with E-state index in [-0.39, 0.29) is 0 Å². The molecule has 0 unspecified atom stereocenters. The number of benzene rings is 1. The van der Waals surface area contributed by atoms with Gasteiger partial charge in [-0.05, 0) is 57.7 Å². The molecule has 3 aromatic rings. The summed E-state index contributed by atoms with van der Waals surface area (Å²) in [5.41, 5.74) is 7.22. The topological polar surface area (TPSA) is 42.7 Å². The lowest BCUT2D eigenvalue weighted by molar-refractivity contribution is 0.957. The second-order valence-corrected chi connectivity index (χ2v) is 6.67. The summed E-state index contributed by atoms with van der Waals surface area (Å²) < 4.78 is 2.22. The average molecular weight is 322 g/mol. The fraction of sp³-hybridized carbons (Fsp3) is 0.400. The van der Waals surface area contributed by atoms with Gasteiger partial charge in [-0.15, -0.1) is 0 Å². The monoisotopic (exact) mass is 322 g/mol. The summed E-state index contributed by atoms with van der Waals surface area (Å²) in [6.07, 6.45) is 3.25. The molecule has 0 bridgehead atoms. The average Bonchev–Trinajstić information content (AvgIpc) is 2.80. The molecule has 3 rings (SSSR count). The number of nitrogens with zero attached hydrogens (tertiary/aromatic N) is 3. The van der Waals surface area contributed by atoms with Crippen molar-refractivity contribution in [3.8, 4) is 5.69 Å². The Morgan fingerprint density at radius 3 is 2.25 bits per heavy atom. The lowest BCUT2D eigenvalue weighted by atomic mass is 10.1. The Bertz CT molecular complexity index is 883. The zero-order chi connectivity index (χ0) is 17.4. The predicted octanol–water partition coefficient (Wildman–Crippen LogP) is 4.78. The third-order valence-electron chi connectivity index (χ3n) is 4.37. The van der Waals surface area contributed by atoms with Crippen LogP contribution in [0.15, 0.2) is 18.3 Å². The van der Waals surface area contributed by atoms with Gasteiger partial charge in [-0.2, -0.15) is 0 Å². The summed E-state index contributed by atoms with van der Waals surface area (Å²) in [6, 6.07) is 4.46. The number of rotatable bonds is 4. The van der Waals surface area contributed by atoms with E-state index in [9.17, 15) is 0 Å². The van der Waals surface area contributed by atoms with Gasteiger partial charge in [-0.25, -0.2) is 9.97 Å². The van der Waals surface area contributed by atoms with Crippen LogP contribution in [0.3, 0.4) is 0 Å². The van der Waals surface area contributed by atoms with Gasteiger partial charge >= 0.3 is 0 Å². The maximum atomic E-state index is 4.76. The van der Waals surface area contributed by atoms with Crippen molar-refractivity contribution >= 4 is 16.9 Å². The number of aromatic nitrogens is 3. The van der Waals surface area contributed by atoms with E-state index in [0.717, 1.165) is 35.6 Å². The summed E-state index contributed by atoms with van der Waals surface area (Å²) in [6.45, 7) is 13.6. The highest BCUT2D eigenvalue weighted by molar-refractivity contribution is 5.92. The zero-order valence-electron chi connectivity index (χ0n) is 15.5. The molecule has 2 heterocycles. The molecule has 1 N–H and O–H groups in total. The van der Waals surface area contributed by atoms with Gasteiger partial charge in [0.15, 0.2) is 5.65 Å². The van der Waals surface area contributed by atoms with Crippen LogP contribution < -0.4 is 5.32 Å². The van der Waals surface area contributed by atoms with E-state index in [1.807, 2.05) is 6.92 Å². The Labute approximate surface area is 143 Å². The molecule has 0 aliphatic heterocycles. The minimum Gasteiger partial charge on any atom is -0.369 e. The van der Waals surface area contributed by atoms with Crippen LogP contribution in [0.2, 0.25) is 0 Å². The standard InChI is InChI=1S/C20H26N4/c1-7-8-21-19-17-15(5)11-24(20(17)23-16(6)22-19)18-13(3)9-12(2)10-14(18)4/h9-11H,7-8H2,1-6H3,(H,21,22,23). The van der Waals surface area contributed by atoms with Crippen molar-refractivity contribution in [3.05, 3.63) is 46.4 Å². The number of fused-ring (bicyclic) bond motifs is 1. The Morgan fingerprint density at radius 2 is 1.62 bits per heavy atom. The molecule has 0 radical (unpaired) electrons. The summed E-state index contributed by atoms with van der Waals surface area (Å²) in [5, 5.41) is 4.58. The first-order valence-corrected chi connectivity index (χ1v) is 8.60. The van der Waals surface area contributed by atoms with Gasteiger partial charge in [0.1, 0.15) is 11.6 Å². The Balaban J connectivity index is 2.30. The van der Waals surface area contributed by atoms with Crippen molar-refractivity contribution in [2.24, 2.45) is 0 Å². The Hall–Kier alpha value is -2.36. The molecule has 1 aromatic carbocycles. The molecule has 0 aliphatic carbocycles. The maximum Gasteiger partial charge on any atom is 0.150 e. The Morgan fingerprint density at radius 1 is 0.958 bits per heavy atom. The molecule has 24 heavy (non-hydrogen) atoms. The smallest absolute Gasteiger partial charge is 0.150 e. The van der Waals surface area contributed by atoms with Gasteiger partial charge in [0.25, 0.3) is 0 Å². The molecule has 0 saturated heterocycles.